The van der Waals surface area contributed by atoms with Crippen LogP contribution in [0.25, 0.3) is 0 Å². The van der Waals surface area contributed by atoms with Gasteiger partial charge in [-0.2, -0.15) is 0 Å². The lowest BCUT2D eigenvalue weighted by Gasteiger charge is -2.27. The molecule has 0 amide bonds. The van der Waals surface area contributed by atoms with Crippen LogP contribution in [0.2, 0.25) is 5.15 Å². The second-order valence-corrected chi connectivity index (χ2v) is 6.33. The molecule has 2 unspecified atom stereocenters. The summed E-state index contributed by atoms with van der Waals surface area (Å²) < 4.78 is 29.6. The van der Waals surface area contributed by atoms with Crippen molar-refractivity contribution in [1.82, 2.24) is 14.9 Å². The fraction of sp³-hybridized carbons (Fsp3) is 0.412. The predicted molar refractivity (Wildman–Crippen MR) is 88.6 cm³/mol. The van der Waals surface area contributed by atoms with Gasteiger partial charge < -0.3 is 9.84 Å². The van der Waals surface area contributed by atoms with Crippen molar-refractivity contribution in [1.29, 1.82) is 0 Å². The highest BCUT2D eigenvalue weighted by Crippen LogP contribution is 2.40. The molecule has 8 heteroatoms. The molecule has 2 atom stereocenters. The molecule has 2 aromatic rings. The molecule has 134 valence electrons. The highest BCUT2D eigenvalue weighted by Gasteiger charge is 2.34. The van der Waals surface area contributed by atoms with Gasteiger partial charge in [-0.1, -0.05) is 11.6 Å². The third-order valence-electron chi connectivity index (χ3n) is 4.35. The molecule has 5 nitrogen and oxygen atoms in total. The molecular weight excluding hydrogens is 352 g/mol. The minimum Gasteiger partial charge on any atom is -0.486 e. The zero-order valence-electron chi connectivity index (χ0n) is 13.8. The molecule has 0 saturated carbocycles. The Morgan fingerprint density at radius 1 is 1.44 bits per heavy atom. The first-order valence-electron chi connectivity index (χ1n) is 7.83. The molecule has 1 aliphatic rings. The number of pyridine rings is 2. The van der Waals surface area contributed by atoms with E-state index in [2.05, 4.69) is 9.97 Å². The zero-order valence-corrected chi connectivity index (χ0v) is 14.5. The van der Waals surface area contributed by atoms with Crippen LogP contribution in [0.1, 0.15) is 41.6 Å². The summed E-state index contributed by atoms with van der Waals surface area (Å²) in [6, 6.07) is 3.32. The number of fused-ring (bicyclic) bond motifs is 1. The van der Waals surface area contributed by atoms with E-state index in [0.29, 0.717) is 28.7 Å². The quantitative estimate of drug-likeness (QED) is 0.815. The van der Waals surface area contributed by atoms with Crippen molar-refractivity contribution < 1.29 is 18.6 Å². The van der Waals surface area contributed by atoms with Crippen molar-refractivity contribution in [2.45, 2.75) is 39.1 Å². The van der Waals surface area contributed by atoms with E-state index in [-0.39, 0.29) is 6.04 Å². The summed E-state index contributed by atoms with van der Waals surface area (Å²) in [5.74, 6) is 0.328. The highest BCUT2D eigenvalue weighted by atomic mass is 35.5. The van der Waals surface area contributed by atoms with Gasteiger partial charge in [0.15, 0.2) is 0 Å². The number of halogens is 3. The van der Waals surface area contributed by atoms with Crippen LogP contribution in [-0.4, -0.2) is 33.0 Å². The van der Waals surface area contributed by atoms with Gasteiger partial charge in [-0.15, -0.1) is 0 Å². The maximum absolute atomic E-state index is 12.3. The van der Waals surface area contributed by atoms with Crippen molar-refractivity contribution in [2.75, 3.05) is 6.61 Å². The Hall–Kier alpha value is -1.83. The maximum Gasteiger partial charge on any atom is 0.272 e. The molecule has 0 aliphatic carbocycles. The lowest BCUT2D eigenvalue weighted by molar-refractivity contribution is -0.0141. The van der Waals surface area contributed by atoms with E-state index in [1.54, 1.807) is 25.3 Å². The van der Waals surface area contributed by atoms with Gasteiger partial charge in [-0.25, -0.2) is 13.8 Å². The van der Waals surface area contributed by atoms with Gasteiger partial charge in [0, 0.05) is 23.9 Å². The summed E-state index contributed by atoms with van der Waals surface area (Å²) in [5, 5.41) is 11.0. The highest BCUT2D eigenvalue weighted by molar-refractivity contribution is 6.30. The number of aryl methyl sites for hydroxylation is 1. The van der Waals surface area contributed by atoms with E-state index < -0.39 is 19.3 Å². The minimum absolute atomic E-state index is 0.207. The molecule has 1 N–H and O–H groups in total. The van der Waals surface area contributed by atoms with Crippen molar-refractivity contribution in [3.05, 3.63) is 52.1 Å². The zero-order chi connectivity index (χ0) is 18.1. The number of aromatic nitrogens is 2. The van der Waals surface area contributed by atoms with E-state index in [0.717, 1.165) is 11.1 Å². The van der Waals surface area contributed by atoms with Crippen LogP contribution in [0.3, 0.4) is 0 Å². The van der Waals surface area contributed by atoms with Crippen LogP contribution in [-0.2, 0) is 6.54 Å². The van der Waals surface area contributed by atoms with Gasteiger partial charge in [0.25, 0.3) is 6.43 Å². The summed E-state index contributed by atoms with van der Waals surface area (Å²) in [5.41, 5.74) is 2.96. The smallest absolute Gasteiger partial charge is 0.272 e. The summed E-state index contributed by atoms with van der Waals surface area (Å²) in [6.07, 6.45) is -0.332. The van der Waals surface area contributed by atoms with Gasteiger partial charge in [-0.05, 0) is 31.5 Å². The average molecular weight is 370 g/mol. The van der Waals surface area contributed by atoms with Crippen LogP contribution in [0.4, 0.5) is 8.78 Å². The average Bonchev–Trinajstić information content (AvgIpc) is 2.91. The Morgan fingerprint density at radius 2 is 2.20 bits per heavy atom. The number of alkyl halides is 2. The molecule has 0 spiro atoms. The molecule has 0 fully saturated rings. The molecular formula is C17H18ClF2N3O2. The molecule has 1 aliphatic heterocycles. The standard InChI is InChI=1S/C17H18ClF2N3O2/c1-9-5-13(22-6-14(9)25-8-15(19)20)10(2)23-7-12-11(17(23)24)3-4-21-16(12)18/h3-6,10,15,17,24H,7-8H2,1-2H3. The Labute approximate surface area is 149 Å². The van der Waals surface area contributed by atoms with Crippen LogP contribution < -0.4 is 4.74 Å². The molecule has 0 bridgehead atoms. The Bertz CT molecular complexity index is 776. The molecule has 0 saturated heterocycles. The number of nitrogens with zero attached hydrogens (tertiary/aromatic N) is 3. The number of ether oxygens (including phenoxy) is 1. The van der Waals surface area contributed by atoms with Gasteiger partial charge in [0.05, 0.1) is 17.9 Å². The van der Waals surface area contributed by atoms with E-state index in [1.807, 2.05) is 11.8 Å². The fourth-order valence-electron chi connectivity index (χ4n) is 2.94. The van der Waals surface area contributed by atoms with E-state index >= 15 is 0 Å². The normalized spacial score (nSPS) is 18.4. The Balaban J connectivity index is 1.79. The Morgan fingerprint density at radius 3 is 2.84 bits per heavy atom. The topological polar surface area (TPSA) is 58.5 Å². The molecule has 0 aromatic carbocycles. The number of aliphatic hydroxyl groups is 1. The largest absolute Gasteiger partial charge is 0.486 e. The number of aliphatic hydroxyl groups excluding tert-OH is 1. The first-order chi connectivity index (χ1) is 11.9. The second kappa shape index (κ2) is 7.19. The summed E-state index contributed by atoms with van der Waals surface area (Å²) in [4.78, 5) is 10.2. The predicted octanol–water partition coefficient (Wildman–Crippen LogP) is 3.65. The van der Waals surface area contributed by atoms with Crippen LogP contribution in [0.5, 0.6) is 5.75 Å². The minimum atomic E-state index is -2.53. The molecule has 3 heterocycles. The van der Waals surface area contributed by atoms with Crippen molar-refractivity contribution >= 4 is 11.6 Å². The number of hydrogen-bond donors (Lipinski definition) is 1. The van der Waals surface area contributed by atoms with Gasteiger partial charge in [0.1, 0.15) is 23.7 Å². The van der Waals surface area contributed by atoms with Crippen LogP contribution in [0.15, 0.2) is 24.5 Å². The van der Waals surface area contributed by atoms with Crippen molar-refractivity contribution in [3.8, 4) is 5.75 Å². The monoisotopic (exact) mass is 369 g/mol. The first-order valence-corrected chi connectivity index (χ1v) is 8.21. The summed E-state index contributed by atoms with van der Waals surface area (Å²) in [7, 11) is 0. The second-order valence-electron chi connectivity index (χ2n) is 5.97. The molecule has 0 radical (unpaired) electrons. The molecule has 2 aromatic heterocycles. The van der Waals surface area contributed by atoms with Crippen molar-refractivity contribution in [3.63, 3.8) is 0 Å². The lowest BCUT2D eigenvalue weighted by Crippen LogP contribution is -2.26. The van der Waals surface area contributed by atoms with E-state index in [4.69, 9.17) is 16.3 Å². The van der Waals surface area contributed by atoms with E-state index in [1.165, 1.54) is 6.20 Å². The van der Waals surface area contributed by atoms with Gasteiger partial charge in [0.2, 0.25) is 0 Å². The molecule has 25 heavy (non-hydrogen) atoms. The van der Waals surface area contributed by atoms with Crippen molar-refractivity contribution in [2.24, 2.45) is 0 Å². The lowest BCUT2D eigenvalue weighted by atomic mass is 10.1. The molecule has 3 rings (SSSR count). The number of hydrogen-bond acceptors (Lipinski definition) is 5. The SMILES string of the molecule is Cc1cc(C(C)N2Cc3c(ccnc3Cl)C2O)ncc1OCC(F)F. The van der Waals surface area contributed by atoms with Crippen LogP contribution in [0, 0.1) is 6.92 Å². The van der Waals surface area contributed by atoms with Gasteiger partial charge >= 0.3 is 0 Å². The maximum atomic E-state index is 12.3. The number of rotatable bonds is 5. The van der Waals surface area contributed by atoms with E-state index in [9.17, 15) is 13.9 Å². The summed E-state index contributed by atoms with van der Waals surface area (Å²) >= 11 is 6.11. The third kappa shape index (κ3) is 3.58. The fourth-order valence-corrected chi connectivity index (χ4v) is 3.17. The summed E-state index contributed by atoms with van der Waals surface area (Å²) in [6.45, 7) is 3.48. The van der Waals surface area contributed by atoms with Crippen LogP contribution >= 0.6 is 11.6 Å². The first kappa shape index (κ1) is 18.0. The Kier molecular flexibility index (Phi) is 5.17. The van der Waals surface area contributed by atoms with Gasteiger partial charge in [-0.3, -0.25) is 9.88 Å². The third-order valence-corrected chi connectivity index (χ3v) is 4.67.